The standard InChI is InChI=1S/C11H11BrFN3/c1-16-7-14-5-9(16)6-15-11-4-8(13)2-3-10(11)12/h2-5,7,15H,6H2,1H3. The van der Waals surface area contributed by atoms with Crippen molar-refractivity contribution >= 4 is 21.6 Å². The molecule has 0 amide bonds. The van der Waals surface area contributed by atoms with E-state index in [4.69, 9.17) is 0 Å². The number of hydrogen-bond donors (Lipinski definition) is 1. The van der Waals surface area contributed by atoms with E-state index in [-0.39, 0.29) is 5.82 Å². The van der Waals surface area contributed by atoms with Crippen molar-refractivity contribution in [2.75, 3.05) is 5.32 Å². The summed E-state index contributed by atoms with van der Waals surface area (Å²) in [5.74, 6) is -0.254. The van der Waals surface area contributed by atoms with E-state index in [0.29, 0.717) is 6.54 Å². The predicted octanol–water partition coefficient (Wildman–Crippen LogP) is 2.93. The number of halogens is 2. The first-order chi connectivity index (χ1) is 7.66. The van der Waals surface area contributed by atoms with E-state index < -0.39 is 0 Å². The van der Waals surface area contributed by atoms with Crippen LogP contribution in [0.25, 0.3) is 0 Å². The van der Waals surface area contributed by atoms with Crippen molar-refractivity contribution in [2.45, 2.75) is 6.54 Å². The van der Waals surface area contributed by atoms with Gasteiger partial charge in [-0.25, -0.2) is 9.37 Å². The molecule has 0 saturated heterocycles. The van der Waals surface area contributed by atoms with Crippen LogP contribution in [0.5, 0.6) is 0 Å². The summed E-state index contributed by atoms with van der Waals surface area (Å²) in [4.78, 5) is 4.01. The number of rotatable bonds is 3. The lowest BCUT2D eigenvalue weighted by atomic mass is 10.3. The summed E-state index contributed by atoms with van der Waals surface area (Å²) in [6, 6.07) is 4.56. The van der Waals surface area contributed by atoms with E-state index in [9.17, 15) is 4.39 Å². The summed E-state index contributed by atoms with van der Waals surface area (Å²) >= 11 is 3.36. The van der Waals surface area contributed by atoms with E-state index >= 15 is 0 Å². The van der Waals surface area contributed by atoms with Gasteiger partial charge in [0, 0.05) is 17.7 Å². The van der Waals surface area contributed by atoms with Crippen LogP contribution in [0.2, 0.25) is 0 Å². The monoisotopic (exact) mass is 283 g/mol. The first-order valence-electron chi connectivity index (χ1n) is 4.81. The second-order valence-electron chi connectivity index (χ2n) is 3.47. The maximum atomic E-state index is 13.0. The van der Waals surface area contributed by atoms with Crippen LogP contribution in [0.3, 0.4) is 0 Å². The SMILES string of the molecule is Cn1cncc1CNc1cc(F)ccc1Br. The second-order valence-corrected chi connectivity index (χ2v) is 4.33. The minimum atomic E-state index is -0.254. The van der Waals surface area contributed by atoms with Crippen molar-refractivity contribution in [1.29, 1.82) is 0 Å². The Labute approximate surface area is 101 Å². The molecule has 0 unspecified atom stereocenters. The van der Waals surface area contributed by atoms with E-state index in [0.717, 1.165) is 15.9 Å². The van der Waals surface area contributed by atoms with Gasteiger partial charge in [-0.3, -0.25) is 0 Å². The number of benzene rings is 1. The Morgan fingerprint density at radius 3 is 3.00 bits per heavy atom. The van der Waals surface area contributed by atoms with Crippen LogP contribution in [-0.2, 0) is 13.6 Å². The zero-order valence-electron chi connectivity index (χ0n) is 8.74. The van der Waals surface area contributed by atoms with Crippen molar-refractivity contribution < 1.29 is 4.39 Å². The highest BCUT2D eigenvalue weighted by molar-refractivity contribution is 9.10. The molecule has 0 aliphatic carbocycles. The Bertz CT molecular complexity index is 496. The van der Waals surface area contributed by atoms with Gasteiger partial charge >= 0.3 is 0 Å². The van der Waals surface area contributed by atoms with Gasteiger partial charge in [0.2, 0.25) is 0 Å². The molecule has 0 aliphatic rings. The molecule has 84 valence electrons. The Morgan fingerprint density at radius 2 is 2.31 bits per heavy atom. The molecule has 0 bridgehead atoms. The highest BCUT2D eigenvalue weighted by Gasteiger charge is 2.03. The largest absolute Gasteiger partial charge is 0.378 e. The van der Waals surface area contributed by atoms with Gasteiger partial charge < -0.3 is 9.88 Å². The smallest absolute Gasteiger partial charge is 0.125 e. The van der Waals surface area contributed by atoms with Gasteiger partial charge in [-0.1, -0.05) is 0 Å². The van der Waals surface area contributed by atoms with Gasteiger partial charge in [0.25, 0.3) is 0 Å². The average molecular weight is 284 g/mol. The molecule has 0 atom stereocenters. The minimum Gasteiger partial charge on any atom is -0.378 e. The third-order valence-corrected chi connectivity index (χ3v) is 3.00. The number of nitrogens with zero attached hydrogens (tertiary/aromatic N) is 2. The highest BCUT2D eigenvalue weighted by atomic mass is 79.9. The molecule has 16 heavy (non-hydrogen) atoms. The topological polar surface area (TPSA) is 29.9 Å². The van der Waals surface area contributed by atoms with E-state index in [1.165, 1.54) is 12.1 Å². The van der Waals surface area contributed by atoms with Crippen LogP contribution in [0, 0.1) is 5.82 Å². The van der Waals surface area contributed by atoms with Gasteiger partial charge in [0.1, 0.15) is 5.82 Å². The predicted molar refractivity (Wildman–Crippen MR) is 64.6 cm³/mol. The van der Waals surface area contributed by atoms with Crippen molar-refractivity contribution in [3.05, 3.63) is 46.7 Å². The van der Waals surface area contributed by atoms with Gasteiger partial charge in [-0.05, 0) is 34.1 Å². The number of anilines is 1. The second kappa shape index (κ2) is 4.65. The highest BCUT2D eigenvalue weighted by Crippen LogP contribution is 2.23. The number of aromatic nitrogens is 2. The molecule has 0 spiro atoms. The van der Waals surface area contributed by atoms with Crippen LogP contribution < -0.4 is 5.32 Å². The fourth-order valence-electron chi connectivity index (χ4n) is 1.37. The van der Waals surface area contributed by atoms with E-state index in [2.05, 4.69) is 26.2 Å². The number of nitrogens with one attached hydrogen (secondary N) is 1. The Morgan fingerprint density at radius 1 is 1.50 bits per heavy atom. The number of imidazole rings is 1. The summed E-state index contributed by atoms with van der Waals surface area (Å²) in [7, 11) is 1.92. The molecule has 5 heteroatoms. The van der Waals surface area contributed by atoms with Gasteiger partial charge in [-0.2, -0.15) is 0 Å². The first-order valence-corrected chi connectivity index (χ1v) is 5.60. The molecule has 1 N–H and O–H groups in total. The average Bonchev–Trinajstić information content (AvgIpc) is 2.66. The third kappa shape index (κ3) is 2.41. The van der Waals surface area contributed by atoms with Crippen molar-refractivity contribution in [3.63, 3.8) is 0 Å². The molecule has 1 heterocycles. The van der Waals surface area contributed by atoms with Crippen molar-refractivity contribution in [2.24, 2.45) is 7.05 Å². The van der Waals surface area contributed by atoms with E-state index in [1.807, 2.05) is 11.6 Å². The Hall–Kier alpha value is -1.36. The molecular weight excluding hydrogens is 273 g/mol. The fourth-order valence-corrected chi connectivity index (χ4v) is 1.76. The lowest BCUT2D eigenvalue weighted by Crippen LogP contribution is -2.04. The molecule has 3 nitrogen and oxygen atoms in total. The summed E-state index contributed by atoms with van der Waals surface area (Å²) in [6.45, 7) is 0.610. The zero-order valence-corrected chi connectivity index (χ0v) is 10.3. The first kappa shape index (κ1) is 11.1. The summed E-state index contributed by atoms with van der Waals surface area (Å²) < 4.78 is 15.8. The normalized spacial score (nSPS) is 10.4. The zero-order chi connectivity index (χ0) is 11.5. The molecule has 1 aromatic carbocycles. The van der Waals surface area contributed by atoms with Crippen molar-refractivity contribution in [1.82, 2.24) is 9.55 Å². The lowest BCUT2D eigenvalue weighted by molar-refractivity contribution is 0.628. The fraction of sp³-hybridized carbons (Fsp3) is 0.182. The molecule has 0 aliphatic heterocycles. The molecule has 0 fully saturated rings. The van der Waals surface area contributed by atoms with Crippen LogP contribution in [0.1, 0.15) is 5.69 Å². The number of aryl methyl sites for hydroxylation is 1. The van der Waals surface area contributed by atoms with E-state index in [1.54, 1.807) is 18.6 Å². The van der Waals surface area contributed by atoms with Gasteiger partial charge in [-0.15, -0.1) is 0 Å². The maximum Gasteiger partial charge on any atom is 0.125 e. The molecule has 0 radical (unpaired) electrons. The van der Waals surface area contributed by atoms with Gasteiger partial charge in [0.15, 0.2) is 0 Å². The summed E-state index contributed by atoms with van der Waals surface area (Å²) in [5, 5.41) is 3.15. The number of hydrogen-bond acceptors (Lipinski definition) is 2. The maximum absolute atomic E-state index is 13.0. The van der Waals surface area contributed by atoms with Crippen LogP contribution in [0.4, 0.5) is 10.1 Å². The molecule has 1 aromatic heterocycles. The lowest BCUT2D eigenvalue weighted by Gasteiger charge is -2.08. The molecule has 2 rings (SSSR count). The van der Waals surface area contributed by atoms with Crippen LogP contribution in [-0.4, -0.2) is 9.55 Å². The minimum absolute atomic E-state index is 0.254. The van der Waals surface area contributed by atoms with Crippen molar-refractivity contribution in [3.8, 4) is 0 Å². The van der Waals surface area contributed by atoms with Gasteiger partial charge in [0.05, 0.1) is 24.3 Å². The summed E-state index contributed by atoms with van der Waals surface area (Å²) in [5.41, 5.74) is 1.78. The molecule has 2 aromatic rings. The van der Waals surface area contributed by atoms with Crippen LogP contribution >= 0.6 is 15.9 Å². The molecule has 0 saturated carbocycles. The summed E-state index contributed by atoms with van der Waals surface area (Å²) in [6.07, 6.45) is 3.51. The van der Waals surface area contributed by atoms with Crippen LogP contribution in [0.15, 0.2) is 35.2 Å². The Kier molecular flexibility index (Phi) is 3.24. The quantitative estimate of drug-likeness (QED) is 0.939. The third-order valence-electron chi connectivity index (χ3n) is 2.30. The Balaban J connectivity index is 2.10. The molecular formula is C11H11BrFN3.